The Morgan fingerprint density at radius 2 is 2.19 bits per heavy atom. The van der Waals surface area contributed by atoms with E-state index in [0.29, 0.717) is 12.2 Å². The van der Waals surface area contributed by atoms with E-state index in [1.54, 1.807) is 13.0 Å². The number of amides is 1. The van der Waals surface area contributed by atoms with Gasteiger partial charge >= 0.3 is 5.97 Å². The van der Waals surface area contributed by atoms with Crippen molar-refractivity contribution >= 4 is 23.6 Å². The van der Waals surface area contributed by atoms with E-state index in [2.05, 4.69) is 11.9 Å². The maximum atomic E-state index is 11.5. The van der Waals surface area contributed by atoms with Crippen LogP contribution >= 0.6 is 11.8 Å². The third kappa shape index (κ3) is 6.50. The minimum absolute atomic E-state index is 0.0542. The Hall–Kier alpha value is -0.970. The number of thioether (sulfide) groups is 1. The summed E-state index contributed by atoms with van der Waals surface area (Å²) in [5.41, 5.74) is -0.655. The Morgan fingerprint density at radius 3 is 2.62 bits per heavy atom. The topological polar surface area (TPSA) is 66.4 Å². The van der Waals surface area contributed by atoms with Crippen molar-refractivity contribution in [3.05, 3.63) is 12.7 Å². The van der Waals surface area contributed by atoms with E-state index in [4.69, 9.17) is 5.11 Å². The number of rotatable bonds is 8. The molecule has 0 aromatic carbocycles. The van der Waals surface area contributed by atoms with E-state index in [1.165, 1.54) is 11.8 Å². The van der Waals surface area contributed by atoms with Crippen molar-refractivity contribution < 1.29 is 14.7 Å². The molecule has 1 atom stereocenters. The number of carboxylic acid groups (broad SMARTS) is 1. The minimum Gasteiger partial charge on any atom is -0.481 e. The lowest BCUT2D eigenvalue weighted by molar-refractivity contribution is -0.138. The fourth-order valence-electron chi connectivity index (χ4n) is 1.20. The number of hydrogen-bond acceptors (Lipinski definition) is 3. The maximum Gasteiger partial charge on any atom is 0.305 e. The molecule has 0 rings (SSSR count). The van der Waals surface area contributed by atoms with Gasteiger partial charge in [0.2, 0.25) is 5.91 Å². The van der Waals surface area contributed by atoms with Gasteiger partial charge in [0.25, 0.3) is 0 Å². The van der Waals surface area contributed by atoms with Gasteiger partial charge in [0.05, 0.1) is 12.2 Å². The van der Waals surface area contributed by atoms with Crippen molar-refractivity contribution in [3.63, 3.8) is 0 Å². The van der Waals surface area contributed by atoms with Gasteiger partial charge in [0.1, 0.15) is 0 Å². The number of carbonyl (C=O) groups excluding carboxylic acids is 1. The molecule has 0 spiro atoms. The van der Waals surface area contributed by atoms with Crippen LogP contribution < -0.4 is 5.32 Å². The monoisotopic (exact) mass is 245 g/mol. The molecule has 0 bridgehead atoms. The molecular weight excluding hydrogens is 226 g/mol. The van der Waals surface area contributed by atoms with Crippen LogP contribution in [-0.4, -0.2) is 34.0 Å². The first kappa shape index (κ1) is 15.0. The summed E-state index contributed by atoms with van der Waals surface area (Å²) in [7, 11) is 0. The summed E-state index contributed by atoms with van der Waals surface area (Å²) in [6.45, 7) is 7.17. The van der Waals surface area contributed by atoms with Gasteiger partial charge in [-0.3, -0.25) is 9.59 Å². The maximum absolute atomic E-state index is 11.5. The molecule has 16 heavy (non-hydrogen) atoms. The lowest BCUT2D eigenvalue weighted by Gasteiger charge is -2.27. The van der Waals surface area contributed by atoms with E-state index < -0.39 is 11.5 Å². The Morgan fingerprint density at radius 1 is 1.56 bits per heavy atom. The van der Waals surface area contributed by atoms with Crippen LogP contribution in [0.5, 0.6) is 0 Å². The number of aliphatic carboxylic acids is 1. The predicted octanol–water partition coefficient (Wildman–Crippen LogP) is 1.67. The van der Waals surface area contributed by atoms with E-state index in [-0.39, 0.29) is 12.3 Å². The summed E-state index contributed by atoms with van der Waals surface area (Å²) in [5.74, 6) is 0.0250. The molecule has 0 aliphatic carbocycles. The molecule has 92 valence electrons. The van der Waals surface area contributed by atoms with Gasteiger partial charge in [-0.05, 0) is 13.3 Å². The molecule has 5 heteroatoms. The summed E-state index contributed by atoms with van der Waals surface area (Å²) in [4.78, 5) is 22.2. The number of hydrogen-bond donors (Lipinski definition) is 2. The number of carboxylic acids is 1. The Kier molecular flexibility index (Phi) is 6.88. The van der Waals surface area contributed by atoms with Crippen LogP contribution in [0.4, 0.5) is 0 Å². The van der Waals surface area contributed by atoms with Crippen LogP contribution in [-0.2, 0) is 9.59 Å². The van der Waals surface area contributed by atoms with E-state index >= 15 is 0 Å². The lowest BCUT2D eigenvalue weighted by Crippen LogP contribution is -2.47. The molecule has 0 aliphatic heterocycles. The predicted molar refractivity (Wildman–Crippen MR) is 66.6 cm³/mol. The zero-order chi connectivity index (χ0) is 12.6. The highest BCUT2D eigenvalue weighted by Crippen LogP contribution is 2.14. The largest absolute Gasteiger partial charge is 0.481 e. The van der Waals surface area contributed by atoms with E-state index in [1.807, 2.05) is 6.92 Å². The second kappa shape index (κ2) is 7.33. The Balaban J connectivity index is 4.14. The van der Waals surface area contributed by atoms with Crippen LogP contribution in [0.2, 0.25) is 0 Å². The van der Waals surface area contributed by atoms with Gasteiger partial charge in [-0.15, -0.1) is 18.3 Å². The minimum atomic E-state index is -0.900. The third-order valence-corrected chi connectivity index (χ3v) is 3.17. The van der Waals surface area contributed by atoms with Crippen LogP contribution in [0.3, 0.4) is 0 Å². The highest BCUT2D eigenvalue weighted by molar-refractivity contribution is 8.00. The first-order valence-corrected chi connectivity index (χ1v) is 6.30. The Labute approximate surface area is 100 Å². The molecule has 0 saturated heterocycles. The van der Waals surface area contributed by atoms with Gasteiger partial charge < -0.3 is 10.4 Å². The molecule has 4 nitrogen and oxygen atoms in total. The van der Waals surface area contributed by atoms with Crippen molar-refractivity contribution in [3.8, 4) is 0 Å². The fourth-order valence-corrected chi connectivity index (χ4v) is 1.74. The molecule has 0 saturated carbocycles. The average Bonchev–Trinajstić information content (AvgIpc) is 2.16. The molecule has 0 heterocycles. The first-order chi connectivity index (χ1) is 7.43. The molecule has 0 aromatic heterocycles. The molecule has 1 amide bonds. The van der Waals surface area contributed by atoms with Crippen molar-refractivity contribution in [1.29, 1.82) is 0 Å². The van der Waals surface area contributed by atoms with Gasteiger partial charge in [-0.2, -0.15) is 0 Å². The van der Waals surface area contributed by atoms with E-state index in [9.17, 15) is 9.59 Å². The second-order valence-corrected chi connectivity index (χ2v) is 4.87. The van der Waals surface area contributed by atoms with Gasteiger partial charge in [0.15, 0.2) is 0 Å². The number of carbonyl (C=O) groups is 2. The number of nitrogens with one attached hydrogen (secondary N) is 1. The molecule has 1 unspecified atom stereocenters. The first-order valence-electron chi connectivity index (χ1n) is 5.15. The van der Waals surface area contributed by atoms with Crippen LogP contribution in [0, 0.1) is 0 Å². The van der Waals surface area contributed by atoms with Gasteiger partial charge in [-0.1, -0.05) is 13.0 Å². The normalized spacial score (nSPS) is 13.9. The zero-order valence-corrected chi connectivity index (χ0v) is 10.6. The van der Waals surface area contributed by atoms with Crippen molar-refractivity contribution in [1.82, 2.24) is 5.32 Å². The zero-order valence-electron chi connectivity index (χ0n) is 9.78. The van der Waals surface area contributed by atoms with Crippen LogP contribution in [0.25, 0.3) is 0 Å². The summed E-state index contributed by atoms with van der Waals surface area (Å²) in [5, 5.41) is 11.5. The van der Waals surface area contributed by atoms with Gasteiger partial charge in [-0.25, -0.2) is 0 Å². The molecule has 0 aliphatic rings. The SMILES string of the molecule is C=CCSCC(=O)NC(C)(CC)CC(=O)O. The third-order valence-electron chi connectivity index (χ3n) is 2.23. The summed E-state index contributed by atoms with van der Waals surface area (Å²) >= 11 is 1.45. The highest BCUT2D eigenvalue weighted by Gasteiger charge is 2.27. The van der Waals surface area contributed by atoms with Gasteiger partial charge in [0, 0.05) is 11.3 Å². The summed E-state index contributed by atoms with van der Waals surface area (Å²) in [6.07, 6.45) is 2.27. The smallest absolute Gasteiger partial charge is 0.305 e. The molecule has 0 radical (unpaired) electrons. The fraction of sp³-hybridized carbons (Fsp3) is 0.636. The van der Waals surface area contributed by atoms with Crippen molar-refractivity contribution in [2.75, 3.05) is 11.5 Å². The molecule has 0 fully saturated rings. The van der Waals surface area contributed by atoms with Crippen LogP contribution in [0.15, 0.2) is 12.7 Å². The quantitative estimate of drug-likeness (QED) is 0.504. The summed E-state index contributed by atoms with van der Waals surface area (Å²) < 4.78 is 0. The van der Waals surface area contributed by atoms with E-state index in [0.717, 1.165) is 5.75 Å². The molecule has 2 N–H and O–H groups in total. The van der Waals surface area contributed by atoms with Crippen LogP contribution in [0.1, 0.15) is 26.7 Å². The lowest BCUT2D eigenvalue weighted by atomic mass is 9.94. The van der Waals surface area contributed by atoms with Crippen molar-refractivity contribution in [2.24, 2.45) is 0 Å². The van der Waals surface area contributed by atoms with Crippen molar-refractivity contribution in [2.45, 2.75) is 32.2 Å². The molecular formula is C11H19NO3S. The standard InChI is InChI=1S/C11H19NO3S/c1-4-6-16-8-9(13)12-11(3,5-2)7-10(14)15/h4H,1,5-8H2,2-3H3,(H,12,13)(H,14,15). The Bertz CT molecular complexity index is 268. The average molecular weight is 245 g/mol. The second-order valence-electron chi connectivity index (χ2n) is 3.84. The summed E-state index contributed by atoms with van der Waals surface area (Å²) in [6, 6.07) is 0. The molecule has 0 aromatic rings. The highest BCUT2D eigenvalue weighted by atomic mass is 32.2.